The third kappa shape index (κ3) is 3.68. The summed E-state index contributed by atoms with van der Waals surface area (Å²) in [5.74, 6) is -0.234. The van der Waals surface area contributed by atoms with E-state index in [0.717, 1.165) is 5.56 Å². The maximum absolute atomic E-state index is 10.8. The van der Waals surface area contributed by atoms with Crippen molar-refractivity contribution < 1.29 is 14.5 Å². The van der Waals surface area contributed by atoms with Crippen molar-refractivity contribution in [3.8, 4) is 0 Å². The minimum atomic E-state index is -0.432. The Morgan fingerprint density at radius 1 is 1.38 bits per heavy atom. The quantitative estimate of drug-likeness (QED) is 0.435. The summed E-state index contributed by atoms with van der Waals surface area (Å²) < 4.78 is 4.51. The second-order valence-corrected chi connectivity index (χ2v) is 3.35. The average Bonchev–Trinajstić information content (AvgIpc) is 2.29. The predicted molar refractivity (Wildman–Crippen MR) is 58.1 cm³/mol. The molecule has 0 saturated carbocycles. The zero-order valence-electron chi connectivity index (χ0n) is 9.01. The molecule has 5 heteroatoms. The van der Waals surface area contributed by atoms with Gasteiger partial charge in [0.25, 0.3) is 5.69 Å². The molecule has 1 aromatic rings. The number of esters is 1. The van der Waals surface area contributed by atoms with Gasteiger partial charge in [-0.25, -0.2) is 0 Å². The van der Waals surface area contributed by atoms with Crippen molar-refractivity contribution in [2.24, 2.45) is 0 Å². The molecule has 0 radical (unpaired) electrons. The number of rotatable bonds is 5. The number of carbonyl (C=O) groups is 1. The third-order valence-corrected chi connectivity index (χ3v) is 2.22. The Labute approximate surface area is 93.2 Å². The van der Waals surface area contributed by atoms with E-state index in [2.05, 4.69) is 4.74 Å². The third-order valence-electron chi connectivity index (χ3n) is 2.22. The molecule has 0 unspecified atom stereocenters. The number of nitro groups is 1. The van der Waals surface area contributed by atoms with E-state index in [0.29, 0.717) is 19.3 Å². The fourth-order valence-electron chi connectivity index (χ4n) is 1.32. The van der Waals surface area contributed by atoms with Crippen LogP contribution >= 0.6 is 0 Å². The van der Waals surface area contributed by atoms with E-state index in [4.69, 9.17) is 0 Å². The molecule has 0 aliphatic heterocycles. The topological polar surface area (TPSA) is 69.4 Å². The molecule has 86 valence electrons. The first-order valence-electron chi connectivity index (χ1n) is 4.93. The van der Waals surface area contributed by atoms with Crippen molar-refractivity contribution >= 4 is 11.7 Å². The van der Waals surface area contributed by atoms with Gasteiger partial charge in [0, 0.05) is 18.6 Å². The first-order chi connectivity index (χ1) is 7.63. The number of hydrogen-bond acceptors (Lipinski definition) is 4. The van der Waals surface area contributed by atoms with Crippen molar-refractivity contribution in [3.63, 3.8) is 0 Å². The van der Waals surface area contributed by atoms with Crippen LogP contribution < -0.4 is 0 Å². The smallest absolute Gasteiger partial charge is 0.305 e. The van der Waals surface area contributed by atoms with E-state index in [-0.39, 0.29) is 11.7 Å². The van der Waals surface area contributed by atoms with Gasteiger partial charge in [0.05, 0.1) is 12.0 Å². The molecule has 0 fully saturated rings. The number of aryl methyl sites for hydroxylation is 1. The van der Waals surface area contributed by atoms with Crippen molar-refractivity contribution in [1.29, 1.82) is 0 Å². The normalized spacial score (nSPS) is 9.81. The molecular formula is C11H13NO4. The SMILES string of the molecule is COC(=O)CCCc1ccc([N+](=O)[O-])cc1. The number of benzene rings is 1. The van der Waals surface area contributed by atoms with E-state index >= 15 is 0 Å². The molecule has 0 aliphatic rings. The Morgan fingerprint density at radius 2 is 2.00 bits per heavy atom. The highest BCUT2D eigenvalue weighted by Crippen LogP contribution is 2.13. The van der Waals surface area contributed by atoms with Crippen LogP contribution in [-0.2, 0) is 16.0 Å². The largest absolute Gasteiger partial charge is 0.469 e. The monoisotopic (exact) mass is 223 g/mol. The first-order valence-corrected chi connectivity index (χ1v) is 4.93. The first kappa shape index (κ1) is 12.2. The molecule has 16 heavy (non-hydrogen) atoms. The molecule has 0 aromatic heterocycles. The van der Waals surface area contributed by atoms with Crippen molar-refractivity contribution in [2.45, 2.75) is 19.3 Å². The summed E-state index contributed by atoms with van der Waals surface area (Å²) in [5, 5.41) is 10.4. The summed E-state index contributed by atoms with van der Waals surface area (Å²) in [6, 6.07) is 6.34. The lowest BCUT2D eigenvalue weighted by Gasteiger charge is -2.00. The number of nitrogens with zero attached hydrogens (tertiary/aromatic N) is 1. The van der Waals surface area contributed by atoms with E-state index < -0.39 is 4.92 Å². The maximum atomic E-state index is 10.8. The molecule has 0 amide bonds. The summed E-state index contributed by atoms with van der Waals surface area (Å²) in [6.07, 6.45) is 1.77. The lowest BCUT2D eigenvalue weighted by Crippen LogP contribution is -2.00. The molecule has 0 N–H and O–H groups in total. The Hall–Kier alpha value is -1.91. The molecule has 0 heterocycles. The van der Waals surface area contributed by atoms with Crippen LogP contribution in [-0.4, -0.2) is 18.0 Å². The zero-order chi connectivity index (χ0) is 12.0. The van der Waals surface area contributed by atoms with Crippen LogP contribution in [0.15, 0.2) is 24.3 Å². The van der Waals surface area contributed by atoms with Crippen LogP contribution in [0.3, 0.4) is 0 Å². The number of ether oxygens (including phenoxy) is 1. The van der Waals surface area contributed by atoms with Crippen molar-refractivity contribution in [2.75, 3.05) is 7.11 Å². The fourth-order valence-corrected chi connectivity index (χ4v) is 1.32. The lowest BCUT2D eigenvalue weighted by atomic mass is 10.1. The summed E-state index contributed by atoms with van der Waals surface area (Å²) >= 11 is 0. The summed E-state index contributed by atoms with van der Waals surface area (Å²) in [6.45, 7) is 0. The van der Waals surface area contributed by atoms with Gasteiger partial charge in [-0.3, -0.25) is 14.9 Å². The van der Waals surface area contributed by atoms with Crippen LogP contribution in [0.4, 0.5) is 5.69 Å². The second-order valence-electron chi connectivity index (χ2n) is 3.35. The number of carbonyl (C=O) groups excluding carboxylic acids is 1. The van der Waals surface area contributed by atoms with Gasteiger partial charge >= 0.3 is 5.97 Å². The molecule has 0 atom stereocenters. The van der Waals surface area contributed by atoms with Crippen LogP contribution in [0, 0.1) is 10.1 Å². The Bertz CT molecular complexity index is 372. The van der Waals surface area contributed by atoms with Crippen LogP contribution in [0.5, 0.6) is 0 Å². The number of nitro benzene ring substituents is 1. The fraction of sp³-hybridized carbons (Fsp3) is 0.364. The van der Waals surface area contributed by atoms with Gasteiger partial charge in [-0.2, -0.15) is 0 Å². The van der Waals surface area contributed by atoms with Gasteiger partial charge in [-0.15, -0.1) is 0 Å². The highest BCUT2D eigenvalue weighted by Gasteiger charge is 2.04. The summed E-state index contributed by atoms with van der Waals surface area (Å²) in [4.78, 5) is 20.8. The van der Waals surface area contributed by atoms with Gasteiger partial charge in [-0.1, -0.05) is 12.1 Å². The Balaban J connectivity index is 2.43. The van der Waals surface area contributed by atoms with Crippen molar-refractivity contribution in [1.82, 2.24) is 0 Å². The minimum absolute atomic E-state index is 0.0803. The molecule has 0 aliphatic carbocycles. The molecule has 0 bridgehead atoms. The highest BCUT2D eigenvalue weighted by atomic mass is 16.6. The molecule has 0 saturated heterocycles. The average molecular weight is 223 g/mol. The Kier molecular flexibility index (Phi) is 4.44. The van der Waals surface area contributed by atoms with E-state index in [1.165, 1.54) is 19.2 Å². The predicted octanol–water partition coefficient (Wildman–Crippen LogP) is 2.09. The van der Waals surface area contributed by atoms with Gasteiger partial charge in [-0.05, 0) is 18.4 Å². The zero-order valence-corrected chi connectivity index (χ0v) is 9.01. The maximum Gasteiger partial charge on any atom is 0.305 e. The number of methoxy groups -OCH3 is 1. The van der Waals surface area contributed by atoms with Crippen LogP contribution in [0.25, 0.3) is 0 Å². The second kappa shape index (κ2) is 5.85. The van der Waals surface area contributed by atoms with E-state index in [1.54, 1.807) is 12.1 Å². The summed E-state index contributed by atoms with van der Waals surface area (Å²) in [5.41, 5.74) is 1.06. The molecule has 1 aromatic carbocycles. The minimum Gasteiger partial charge on any atom is -0.469 e. The lowest BCUT2D eigenvalue weighted by molar-refractivity contribution is -0.384. The summed E-state index contributed by atoms with van der Waals surface area (Å²) in [7, 11) is 1.36. The molecule has 0 spiro atoms. The van der Waals surface area contributed by atoms with E-state index in [1.807, 2.05) is 0 Å². The van der Waals surface area contributed by atoms with Gasteiger partial charge in [0.1, 0.15) is 0 Å². The van der Waals surface area contributed by atoms with Gasteiger partial charge in [0.2, 0.25) is 0 Å². The van der Waals surface area contributed by atoms with Crippen molar-refractivity contribution in [3.05, 3.63) is 39.9 Å². The van der Waals surface area contributed by atoms with E-state index in [9.17, 15) is 14.9 Å². The van der Waals surface area contributed by atoms with Gasteiger partial charge < -0.3 is 4.74 Å². The molecule has 5 nitrogen and oxygen atoms in total. The highest BCUT2D eigenvalue weighted by molar-refractivity contribution is 5.69. The molecular weight excluding hydrogens is 210 g/mol. The van der Waals surface area contributed by atoms with Crippen LogP contribution in [0.2, 0.25) is 0 Å². The van der Waals surface area contributed by atoms with Gasteiger partial charge in [0.15, 0.2) is 0 Å². The van der Waals surface area contributed by atoms with Crippen LogP contribution in [0.1, 0.15) is 18.4 Å². The molecule has 1 rings (SSSR count). The Morgan fingerprint density at radius 3 is 2.50 bits per heavy atom. The number of non-ortho nitro benzene ring substituents is 1. The standard InChI is InChI=1S/C11H13NO4/c1-16-11(13)4-2-3-9-5-7-10(8-6-9)12(14)15/h5-8H,2-4H2,1H3. The number of hydrogen-bond donors (Lipinski definition) is 0.